The third-order valence-electron chi connectivity index (χ3n) is 2.71. The molecule has 2 heterocycles. The lowest BCUT2D eigenvalue weighted by Crippen LogP contribution is -2.42. The lowest BCUT2D eigenvalue weighted by molar-refractivity contribution is 0.0730. The summed E-state index contributed by atoms with van der Waals surface area (Å²) in [7, 11) is -3.17. The second-order valence-corrected chi connectivity index (χ2v) is 5.99. The second-order valence-electron chi connectivity index (χ2n) is 3.90. The molecule has 6 heteroatoms. The van der Waals surface area contributed by atoms with E-state index in [0.717, 1.165) is 5.69 Å². The molecule has 0 aliphatic carbocycles. The molecule has 2 rings (SSSR count). The van der Waals surface area contributed by atoms with E-state index in [-0.39, 0.29) is 5.75 Å². The number of morpholine rings is 1. The minimum absolute atomic E-state index is 0.115. The van der Waals surface area contributed by atoms with Crippen LogP contribution in [0.25, 0.3) is 0 Å². The van der Waals surface area contributed by atoms with Crippen molar-refractivity contribution in [2.24, 2.45) is 0 Å². The van der Waals surface area contributed by atoms with Crippen LogP contribution in [-0.2, 0) is 21.2 Å². The summed E-state index contributed by atoms with van der Waals surface area (Å²) in [6.07, 6.45) is 2.14. The molecule has 1 fully saturated rings. The maximum absolute atomic E-state index is 12.0. The quantitative estimate of drug-likeness (QED) is 0.776. The van der Waals surface area contributed by atoms with Gasteiger partial charge in [-0.2, -0.15) is 4.31 Å². The van der Waals surface area contributed by atoms with Crippen LogP contribution in [0.1, 0.15) is 5.69 Å². The Morgan fingerprint density at radius 2 is 2.06 bits per heavy atom. The zero-order chi connectivity index (χ0) is 12.1. The smallest absolute Gasteiger partial charge is 0.214 e. The Morgan fingerprint density at radius 1 is 1.29 bits per heavy atom. The molecule has 5 nitrogen and oxygen atoms in total. The van der Waals surface area contributed by atoms with Gasteiger partial charge in [0.15, 0.2) is 0 Å². The van der Waals surface area contributed by atoms with Crippen LogP contribution in [0.3, 0.4) is 0 Å². The fraction of sp³-hybridized carbons (Fsp3) is 0.545. The number of ether oxygens (including phenoxy) is 1. The third kappa shape index (κ3) is 3.49. The molecule has 0 aromatic carbocycles. The first kappa shape index (κ1) is 12.5. The van der Waals surface area contributed by atoms with Gasteiger partial charge in [0.25, 0.3) is 0 Å². The summed E-state index contributed by atoms with van der Waals surface area (Å²) < 4.78 is 30.6. The van der Waals surface area contributed by atoms with Crippen molar-refractivity contribution in [3.63, 3.8) is 0 Å². The van der Waals surface area contributed by atoms with Crippen LogP contribution in [0.15, 0.2) is 24.4 Å². The van der Waals surface area contributed by atoms with Gasteiger partial charge >= 0.3 is 0 Å². The van der Waals surface area contributed by atoms with Crippen molar-refractivity contribution in [1.29, 1.82) is 0 Å². The van der Waals surface area contributed by atoms with Crippen molar-refractivity contribution in [2.75, 3.05) is 32.1 Å². The second kappa shape index (κ2) is 5.57. The molecule has 0 bridgehead atoms. The van der Waals surface area contributed by atoms with Gasteiger partial charge in [0.2, 0.25) is 10.0 Å². The summed E-state index contributed by atoms with van der Waals surface area (Å²) in [4.78, 5) is 4.12. The van der Waals surface area contributed by atoms with Crippen molar-refractivity contribution in [2.45, 2.75) is 6.42 Å². The van der Waals surface area contributed by atoms with Crippen LogP contribution in [0.4, 0.5) is 0 Å². The first-order chi connectivity index (χ1) is 8.18. The van der Waals surface area contributed by atoms with Gasteiger partial charge in [-0.3, -0.25) is 4.98 Å². The molecule has 17 heavy (non-hydrogen) atoms. The molecule has 0 amide bonds. The van der Waals surface area contributed by atoms with E-state index < -0.39 is 10.0 Å². The van der Waals surface area contributed by atoms with E-state index in [0.29, 0.717) is 32.7 Å². The number of nitrogens with zero attached hydrogens (tertiary/aromatic N) is 2. The minimum atomic E-state index is -3.17. The molecule has 0 N–H and O–H groups in total. The molecule has 0 unspecified atom stereocenters. The van der Waals surface area contributed by atoms with Gasteiger partial charge < -0.3 is 4.74 Å². The molecule has 94 valence electrons. The van der Waals surface area contributed by atoms with E-state index >= 15 is 0 Å². The van der Waals surface area contributed by atoms with Gasteiger partial charge in [0, 0.05) is 31.4 Å². The first-order valence-corrected chi connectivity index (χ1v) is 7.25. The number of hydrogen-bond donors (Lipinski definition) is 0. The van der Waals surface area contributed by atoms with E-state index in [9.17, 15) is 8.42 Å². The summed E-state index contributed by atoms with van der Waals surface area (Å²) in [5.41, 5.74) is 0.810. The van der Waals surface area contributed by atoms with Gasteiger partial charge in [0.05, 0.1) is 19.0 Å². The Labute approximate surface area is 101 Å². The number of rotatable bonds is 4. The lowest BCUT2D eigenvalue weighted by atomic mass is 10.3. The highest BCUT2D eigenvalue weighted by Crippen LogP contribution is 2.07. The topological polar surface area (TPSA) is 59.5 Å². The van der Waals surface area contributed by atoms with Crippen molar-refractivity contribution in [3.05, 3.63) is 30.1 Å². The number of aryl methyl sites for hydroxylation is 1. The molecule has 1 aliphatic rings. The fourth-order valence-corrected chi connectivity index (χ4v) is 3.16. The Morgan fingerprint density at radius 3 is 2.71 bits per heavy atom. The number of aromatic nitrogens is 1. The van der Waals surface area contributed by atoms with E-state index in [1.807, 2.05) is 18.2 Å². The molecule has 1 aliphatic heterocycles. The highest BCUT2D eigenvalue weighted by atomic mass is 32.2. The standard InChI is InChI=1S/C11H16N2O3S/c14-17(15,13-6-8-16-9-7-13)10-4-11-3-1-2-5-12-11/h1-3,5H,4,6-10H2. The van der Waals surface area contributed by atoms with Crippen LogP contribution < -0.4 is 0 Å². The predicted octanol–water partition coefficient (Wildman–Crippen LogP) is 0.286. The van der Waals surface area contributed by atoms with Crippen LogP contribution in [0, 0.1) is 0 Å². The molecule has 1 aromatic heterocycles. The zero-order valence-electron chi connectivity index (χ0n) is 9.58. The summed E-state index contributed by atoms with van der Waals surface area (Å²) in [6.45, 7) is 1.90. The SMILES string of the molecule is O=S(=O)(CCc1ccccn1)N1CCOCC1. The van der Waals surface area contributed by atoms with Crippen molar-refractivity contribution in [1.82, 2.24) is 9.29 Å². The van der Waals surface area contributed by atoms with Crippen LogP contribution in [0.5, 0.6) is 0 Å². The average molecular weight is 256 g/mol. The third-order valence-corrected chi connectivity index (χ3v) is 4.58. The van der Waals surface area contributed by atoms with Gasteiger partial charge in [-0.25, -0.2) is 8.42 Å². The minimum Gasteiger partial charge on any atom is -0.379 e. The van der Waals surface area contributed by atoms with Crippen LogP contribution in [0.2, 0.25) is 0 Å². The van der Waals surface area contributed by atoms with E-state index in [2.05, 4.69) is 4.98 Å². The number of hydrogen-bond acceptors (Lipinski definition) is 4. The molecule has 0 spiro atoms. The molecule has 0 saturated carbocycles. The highest BCUT2D eigenvalue weighted by Gasteiger charge is 2.23. The van der Waals surface area contributed by atoms with Crippen molar-refractivity contribution >= 4 is 10.0 Å². The van der Waals surface area contributed by atoms with Crippen LogP contribution >= 0.6 is 0 Å². The van der Waals surface area contributed by atoms with E-state index in [1.54, 1.807) is 6.20 Å². The van der Waals surface area contributed by atoms with Crippen molar-refractivity contribution < 1.29 is 13.2 Å². The number of pyridine rings is 1. The lowest BCUT2D eigenvalue weighted by Gasteiger charge is -2.25. The molecule has 0 radical (unpaired) electrons. The average Bonchev–Trinajstić information content (AvgIpc) is 2.39. The van der Waals surface area contributed by atoms with E-state index in [4.69, 9.17) is 4.74 Å². The highest BCUT2D eigenvalue weighted by molar-refractivity contribution is 7.89. The first-order valence-electron chi connectivity index (χ1n) is 5.64. The Bertz CT molecular complexity index is 441. The zero-order valence-corrected chi connectivity index (χ0v) is 10.4. The normalized spacial score (nSPS) is 18.1. The molecule has 1 aromatic rings. The maximum Gasteiger partial charge on any atom is 0.214 e. The summed E-state index contributed by atoms with van der Waals surface area (Å²) in [5, 5.41) is 0. The molecule has 1 saturated heterocycles. The van der Waals surface area contributed by atoms with Crippen molar-refractivity contribution in [3.8, 4) is 0 Å². The fourth-order valence-electron chi connectivity index (χ4n) is 1.73. The monoisotopic (exact) mass is 256 g/mol. The molecular weight excluding hydrogens is 240 g/mol. The summed E-state index contributed by atoms with van der Waals surface area (Å²) >= 11 is 0. The maximum atomic E-state index is 12.0. The van der Waals surface area contributed by atoms with E-state index in [1.165, 1.54) is 4.31 Å². The Balaban J connectivity index is 1.93. The largest absolute Gasteiger partial charge is 0.379 e. The van der Waals surface area contributed by atoms with Gasteiger partial charge in [0.1, 0.15) is 0 Å². The Kier molecular flexibility index (Phi) is 4.09. The predicted molar refractivity (Wildman–Crippen MR) is 64.1 cm³/mol. The number of sulfonamides is 1. The molecule has 0 atom stereocenters. The van der Waals surface area contributed by atoms with Gasteiger partial charge in [-0.05, 0) is 12.1 Å². The summed E-state index contributed by atoms with van der Waals surface area (Å²) in [5.74, 6) is 0.115. The summed E-state index contributed by atoms with van der Waals surface area (Å²) in [6, 6.07) is 5.53. The molecular formula is C11H16N2O3S. The van der Waals surface area contributed by atoms with Crippen LogP contribution in [-0.4, -0.2) is 49.8 Å². The Hall–Kier alpha value is -0.980. The van der Waals surface area contributed by atoms with Gasteiger partial charge in [-0.1, -0.05) is 6.07 Å². The van der Waals surface area contributed by atoms with Gasteiger partial charge in [-0.15, -0.1) is 0 Å².